The van der Waals surface area contributed by atoms with Gasteiger partial charge in [-0.1, -0.05) is 103 Å². The van der Waals surface area contributed by atoms with E-state index in [9.17, 15) is 0 Å². The van der Waals surface area contributed by atoms with Gasteiger partial charge in [-0.2, -0.15) is 0 Å². The number of hydrogen-bond donors (Lipinski definition) is 0. The number of nitrogens with zero attached hydrogens (tertiary/aromatic N) is 2. The van der Waals surface area contributed by atoms with Crippen LogP contribution in [-0.2, 0) is 0 Å². The zero-order valence-electron chi connectivity index (χ0n) is 27.2. The molecule has 0 aromatic heterocycles. The Balaban J connectivity index is 0. The van der Waals surface area contributed by atoms with Gasteiger partial charge in [0, 0.05) is 22.2 Å². The summed E-state index contributed by atoms with van der Waals surface area (Å²) in [5, 5.41) is 0. The molecule has 2 saturated heterocycles. The zero-order chi connectivity index (χ0) is 27.5. The Kier molecular flexibility index (Phi) is 15.3. The molecule has 0 saturated carbocycles. The van der Waals surface area contributed by atoms with Crippen molar-refractivity contribution in [2.24, 2.45) is 23.2 Å². The summed E-state index contributed by atoms with van der Waals surface area (Å²) >= 11 is 0. The quantitative estimate of drug-likeness (QED) is 0.311. The van der Waals surface area contributed by atoms with Gasteiger partial charge in [0.2, 0.25) is 0 Å². The van der Waals surface area contributed by atoms with Crippen LogP contribution in [0.15, 0.2) is 0 Å². The van der Waals surface area contributed by atoms with Crippen LogP contribution in [0.3, 0.4) is 0 Å². The summed E-state index contributed by atoms with van der Waals surface area (Å²) in [6.45, 7) is 31.5. The molecular weight excluding hydrogens is 448 g/mol. The summed E-state index contributed by atoms with van der Waals surface area (Å²) in [5.74, 6) is 2.58. The highest BCUT2D eigenvalue weighted by atomic mass is 15.3. The monoisotopic (exact) mass is 525 g/mol. The number of piperidine rings is 2. The molecule has 0 radical (unpaired) electrons. The number of likely N-dealkylation sites (tertiary alicyclic amines) is 2. The molecule has 0 bridgehead atoms. The number of rotatable bonds is 8. The maximum Gasteiger partial charge on any atom is 0.0234 e. The highest BCUT2D eigenvalue weighted by Crippen LogP contribution is 2.55. The fourth-order valence-electron chi connectivity index (χ4n) is 8.25. The van der Waals surface area contributed by atoms with E-state index in [0.29, 0.717) is 27.6 Å². The van der Waals surface area contributed by atoms with E-state index >= 15 is 0 Å². The predicted molar refractivity (Wildman–Crippen MR) is 173 cm³/mol. The third kappa shape index (κ3) is 6.99. The molecule has 7 unspecified atom stereocenters. The Hall–Kier alpha value is -0.0800. The van der Waals surface area contributed by atoms with Crippen LogP contribution >= 0.6 is 0 Å². The van der Waals surface area contributed by atoms with Gasteiger partial charge in [-0.05, 0) is 103 Å². The normalized spacial score (nSPS) is 40.1. The first-order chi connectivity index (χ1) is 16.0. The van der Waals surface area contributed by atoms with Gasteiger partial charge in [-0.3, -0.25) is 9.80 Å². The van der Waals surface area contributed by atoms with E-state index in [0.717, 1.165) is 17.8 Å². The molecule has 2 heterocycles. The lowest BCUT2D eigenvalue weighted by Gasteiger charge is -2.64. The summed E-state index contributed by atoms with van der Waals surface area (Å²) < 4.78 is 0. The van der Waals surface area contributed by atoms with E-state index in [1.807, 2.05) is 0 Å². The third-order valence-corrected chi connectivity index (χ3v) is 12.8. The molecule has 2 rings (SSSR count). The second kappa shape index (κ2) is 14.5. The summed E-state index contributed by atoms with van der Waals surface area (Å²) in [6, 6.07) is 0. The Labute approximate surface area is 238 Å². The fourth-order valence-corrected chi connectivity index (χ4v) is 8.25. The van der Waals surface area contributed by atoms with Crippen molar-refractivity contribution in [2.45, 2.75) is 191 Å². The smallest absolute Gasteiger partial charge is 0.0234 e. The minimum absolute atomic E-state index is 0. The summed E-state index contributed by atoms with van der Waals surface area (Å²) in [4.78, 5) is 5.39. The van der Waals surface area contributed by atoms with Gasteiger partial charge >= 0.3 is 0 Å². The van der Waals surface area contributed by atoms with E-state index in [-0.39, 0.29) is 14.9 Å². The molecule has 0 spiro atoms. The van der Waals surface area contributed by atoms with Crippen molar-refractivity contribution in [3.8, 4) is 0 Å². The van der Waals surface area contributed by atoms with Crippen LogP contribution in [0.5, 0.6) is 0 Å². The van der Waals surface area contributed by atoms with Gasteiger partial charge < -0.3 is 0 Å². The predicted octanol–water partition coefficient (Wildman–Crippen LogP) is 11.1. The zero-order valence-corrected chi connectivity index (χ0v) is 27.2. The topological polar surface area (TPSA) is 6.48 Å². The molecule has 2 heteroatoms. The van der Waals surface area contributed by atoms with E-state index in [4.69, 9.17) is 0 Å². The maximum atomic E-state index is 2.70. The minimum Gasteiger partial charge on any atom is -0.295 e. The van der Waals surface area contributed by atoms with Gasteiger partial charge in [0.15, 0.2) is 0 Å². The molecule has 7 atom stereocenters. The molecule has 0 aliphatic carbocycles. The lowest BCUT2D eigenvalue weighted by Crippen LogP contribution is -2.68. The molecule has 226 valence electrons. The average molecular weight is 525 g/mol. The van der Waals surface area contributed by atoms with Crippen LogP contribution in [0.25, 0.3) is 0 Å². The van der Waals surface area contributed by atoms with E-state index in [1.165, 1.54) is 64.2 Å². The molecule has 0 aromatic rings. The first kappa shape index (κ1) is 39.1. The molecule has 0 aromatic carbocycles. The van der Waals surface area contributed by atoms with Gasteiger partial charge in [0.1, 0.15) is 0 Å². The van der Waals surface area contributed by atoms with Crippen LogP contribution in [0.4, 0.5) is 0 Å². The van der Waals surface area contributed by atoms with Gasteiger partial charge in [0.25, 0.3) is 0 Å². The van der Waals surface area contributed by atoms with Crippen molar-refractivity contribution in [1.82, 2.24) is 9.80 Å². The summed E-state index contributed by atoms with van der Waals surface area (Å²) in [6.07, 6.45) is 13.2. The van der Waals surface area contributed by atoms with Crippen LogP contribution in [0, 0.1) is 23.2 Å². The van der Waals surface area contributed by atoms with Crippen molar-refractivity contribution < 1.29 is 0 Å². The molecule has 0 N–H and O–H groups in total. The highest BCUT2D eigenvalue weighted by molar-refractivity contribution is 5.10. The average Bonchev–Trinajstić information content (AvgIpc) is 2.84. The summed E-state index contributed by atoms with van der Waals surface area (Å²) in [7, 11) is 4.71. The fraction of sp³-hybridized carbons (Fsp3) is 1.00. The van der Waals surface area contributed by atoms with Crippen molar-refractivity contribution in [3.63, 3.8) is 0 Å². The largest absolute Gasteiger partial charge is 0.295 e. The van der Waals surface area contributed by atoms with Crippen LogP contribution in [-0.4, -0.2) is 46.1 Å². The Morgan fingerprint density at radius 1 is 0.622 bits per heavy atom. The van der Waals surface area contributed by atoms with Crippen molar-refractivity contribution in [2.75, 3.05) is 14.1 Å². The first-order valence-corrected chi connectivity index (χ1v) is 15.5. The van der Waals surface area contributed by atoms with Gasteiger partial charge in [-0.25, -0.2) is 0 Å². The van der Waals surface area contributed by atoms with Crippen molar-refractivity contribution in [1.29, 1.82) is 0 Å². The SMILES string of the molecule is C.C.CCCC1CC(C)(CC)N(C)C(C)(CC)C1(C)C.CCCC1CC(C)(CC)N(C)C(C)(CC)C1C. The number of hydrogen-bond acceptors (Lipinski definition) is 2. The van der Waals surface area contributed by atoms with Crippen LogP contribution < -0.4 is 0 Å². The molecule has 2 aliphatic heterocycles. The minimum atomic E-state index is 0. The van der Waals surface area contributed by atoms with Crippen LogP contribution in [0.1, 0.15) is 169 Å². The lowest BCUT2D eigenvalue weighted by molar-refractivity contribution is -0.143. The van der Waals surface area contributed by atoms with E-state index < -0.39 is 0 Å². The third-order valence-electron chi connectivity index (χ3n) is 12.8. The van der Waals surface area contributed by atoms with Crippen LogP contribution in [0.2, 0.25) is 0 Å². The van der Waals surface area contributed by atoms with Crippen molar-refractivity contribution >= 4 is 0 Å². The second-order valence-corrected chi connectivity index (χ2v) is 14.1. The molecule has 2 nitrogen and oxygen atoms in total. The molecule has 2 aliphatic rings. The van der Waals surface area contributed by atoms with E-state index in [1.54, 1.807) is 0 Å². The second-order valence-electron chi connectivity index (χ2n) is 14.1. The lowest BCUT2D eigenvalue weighted by atomic mass is 9.55. The molecule has 2 fully saturated rings. The maximum absolute atomic E-state index is 2.70. The Bertz CT molecular complexity index is 643. The summed E-state index contributed by atoms with van der Waals surface area (Å²) in [5.41, 5.74) is 1.87. The Morgan fingerprint density at radius 2 is 1.08 bits per heavy atom. The standard InChI is InChI=1S/C17H35N.C16H33N.2CH4/c1-9-12-14-13-16(6,10-2)18(8)17(7,11-3)15(14,4)5;1-8-11-14-12-15(5,9-2)17(7)16(6,10-3)13(14)4;;/h14H,9-13H2,1-8H3;13-14H,8-12H2,1-7H3;2*1H4. The van der Waals surface area contributed by atoms with E-state index in [2.05, 4.69) is 114 Å². The Morgan fingerprint density at radius 3 is 1.46 bits per heavy atom. The van der Waals surface area contributed by atoms with Gasteiger partial charge in [-0.15, -0.1) is 0 Å². The molecule has 37 heavy (non-hydrogen) atoms. The molecule has 0 amide bonds. The van der Waals surface area contributed by atoms with Gasteiger partial charge in [0.05, 0.1) is 0 Å². The van der Waals surface area contributed by atoms with Crippen molar-refractivity contribution in [3.05, 3.63) is 0 Å². The first-order valence-electron chi connectivity index (χ1n) is 15.5. The highest BCUT2D eigenvalue weighted by Gasteiger charge is 2.56. The molecular formula is C35H76N2.